The number of rotatable bonds is 9. The van der Waals surface area contributed by atoms with Gasteiger partial charge in [-0.1, -0.05) is 30.7 Å². The number of amides is 1. The summed E-state index contributed by atoms with van der Waals surface area (Å²) in [5, 5.41) is 3.41. The molecular weight excluding hydrogens is 308 g/mol. The topological polar surface area (TPSA) is 64.4 Å². The lowest BCUT2D eigenvalue weighted by Crippen LogP contribution is -2.44. The molecule has 1 aromatic rings. The summed E-state index contributed by atoms with van der Waals surface area (Å²) in [6, 6.07) is 6.85. The standard InChI is InChI=1S/C15H23ClN2O2S/c1-3-11(20-14-7-5-4-6-12(14)16)10-18-15(19)13(17)8-9-21-2/h4-7,11,13H,3,8-10,17H2,1-2H3,(H,18,19)/t11?,13-/m0/s1. The van der Waals surface area contributed by atoms with E-state index in [1.165, 1.54) is 0 Å². The number of halogens is 1. The van der Waals surface area contributed by atoms with Gasteiger partial charge in [-0.25, -0.2) is 0 Å². The monoisotopic (exact) mass is 330 g/mol. The summed E-state index contributed by atoms with van der Waals surface area (Å²) in [5.74, 6) is 1.37. The number of hydrogen-bond acceptors (Lipinski definition) is 4. The van der Waals surface area contributed by atoms with Crippen molar-refractivity contribution in [2.24, 2.45) is 5.73 Å². The van der Waals surface area contributed by atoms with Crippen LogP contribution in [0.3, 0.4) is 0 Å². The Balaban J connectivity index is 2.44. The fourth-order valence-corrected chi connectivity index (χ4v) is 2.38. The van der Waals surface area contributed by atoms with E-state index in [1.54, 1.807) is 17.8 Å². The number of thioether (sulfide) groups is 1. The highest BCUT2D eigenvalue weighted by molar-refractivity contribution is 7.98. The number of hydrogen-bond donors (Lipinski definition) is 2. The Morgan fingerprint density at radius 2 is 2.19 bits per heavy atom. The maximum Gasteiger partial charge on any atom is 0.237 e. The van der Waals surface area contributed by atoms with E-state index in [-0.39, 0.29) is 12.0 Å². The van der Waals surface area contributed by atoms with Crippen molar-refractivity contribution in [3.8, 4) is 5.75 Å². The summed E-state index contributed by atoms with van der Waals surface area (Å²) in [6.45, 7) is 2.43. The van der Waals surface area contributed by atoms with Gasteiger partial charge < -0.3 is 15.8 Å². The van der Waals surface area contributed by atoms with E-state index < -0.39 is 6.04 Å². The molecule has 21 heavy (non-hydrogen) atoms. The Bertz CT molecular complexity index is 445. The summed E-state index contributed by atoms with van der Waals surface area (Å²) in [5.41, 5.74) is 5.82. The maximum atomic E-state index is 11.9. The van der Waals surface area contributed by atoms with Crippen molar-refractivity contribution in [3.63, 3.8) is 0 Å². The Morgan fingerprint density at radius 1 is 1.48 bits per heavy atom. The zero-order chi connectivity index (χ0) is 15.7. The van der Waals surface area contributed by atoms with Crippen molar-refractivity contribution in [2.75, 3.05) is 18.6 Å². The summed E-state index contributed by atoms with van der Waals surface area (Å²) in [6.07, 6.45) is 3.32. The molecule has 0 saturated carbocycles. The molecule has 0 spiro atoms. The van der Waals surface area contributed by atoms with Crippen LogP contribution in [-0.2, 0) is 4.79 Å². The number of carbonyl (C=O) groups excluding carboxylic acids is 1. The van der Waals surface area contributed by atoms with Crippen LogP contribution < -0.4 is 15.8 Å². The predicted molar refractivity (Wildman–Crippen MR) is 90.1 cm³/mol. The Morgan fingerprint density at radius 3 is 2.81 bits per heavy atom. The van der Waals surface area contributed by atoms with Gasteiger partial charge in [0.2, 0.25) is 5.91 Å². The van der Waals surface area contributed by atoms with Crippen LogP contribution in [0.4, 0.5) is 0 Å². The van der Waals surface area contributed by atoms with Crippen molar-refractivity contribution in [2.45, 2.75) is 31.9 Å². The van der Waals surface area contributed by atoms with E-state index in [4.69, 9.17) is 22.1 Å². The second-order valence-corrected chi connectivity index (χ2v) is 6.10. The van der Waals surface area contributed by atoms with Crippen LogP contribution in [0, 0.1) is 0 Å². The second kappa shape index (κ2) is 9.92. The molecule has 0 aliphatic rings. The van der Waals surface area contributed by atoms with Gasteiger partial charge in [0.15, 0.2) is 0 Å². The van der Waals surface area contributed by atoms with Crippen molar-refractivity contribution < 1.29 is 9.53 Å². The quantitative estimate of drug-likeness (QED) is 0.730. The summed E-state index contributed by atoms with van der Waals surface area (Å²) >= 11 is 7.74. The first-order chi connectivity index (χ1) is 10.1. The maximum absolute atomic E-state index is 11.9. The fourth-order valence-electron chi connectivity index (χ4n) is 1.71. The molecule has 0 saturated heterocycles. The molecule has 6 heteroatoms. The van der Waals surface area contributed by atoms with Gasteiger partial charge in [0.1, 0.15) is 11.9 Å². The molecule has 1 rings (SSSR count). The molecule has 1 aromatic carbocycles. The van der Waals surface area contributed by atoms with Crippen LogP contribution in [0.5, 0.6) is 5.75 Å². The molecule has 0 bridgehead atoms. The number of ether oxygens (including phenoxy) is 1. The molecule has 0 aliphatic heterocycles. The Kier molecular flexibility index (Phi) is 8.57. The highest BCUT2D eigenvalue weighted by atomic mass is 35.5. The van der Waals surface area contributed by atoms with Gasteiger partial charge in [0, 0.05) is 0 Å². The van der Waals surface area contributed by atoms with Gasteiger partial charge >= 0.3 is 0 Å². The minimum absolute atomic E-state index is 0.124. The van der Waals surface area contributed by atoms with Crippen LogP contribution in [-0.4, -0.2) is 36.6 Å². The molecule has 2 atom stereocenters. The van der Waals surface area contributed by atoms with Gasteiger partial charge in [-0.15, -0.1) is 0 Å². The first-order valence-corrected chi connectivity index (χ1v) is 8.79. The van der Waals surface area contributed by atoms with E-state index in [9.17, 15) is 4.79 Å². The Hall–Kier alpha value is -0.910. The number of nitrogens with one attached hydrogen (secondary N) is 1. The van der Waals surface area contributed by atoms with Crippen LogP contribution in [0.2, 0.25) is 5.02 Å². The second-order valence-electron chi connectivity index (χ2n) is 4.71. The number of para-hydroxylation sites is 1. The first-order valence-electron chi connectivity index (χ1n) is 7.01. The number of carbonyl (C=O) groups is 1. The highest BCUT2D eigenvalue weighted by Crippen LogP contribution is 2.24. The molecule has 0 fully saturated rings. The molecule has 1 amide bonds. The molecule has 4 nitrogen and oxygen atoms in total. The summed E-state index contributed by atoms with van der Waals surface area (Å²) < 4.78 is 5.81. The number of nitrogens with two attached hydrogens (primary N) is 1. The highest BCUT2D eigenvalue weighted by Gasteiger charge is 2.16. The van der Waals surface area contributed by atoms with Crippen LogP contribution >= 0.6 is 23.4 Å². The average molecular weight is 331 g/mol. The van der Waals surface area contributed by atoms with Crippen LogP contribution in [0.1, 0.15) is 19.8 Å². The lowest BCUT2D eigenvalue weighted by atomic mass is 10.2. The molecule has 3 N–H and O–H groups in total. The van der Waals surface area contributed by atoms with Crippen molar-refractivity contribution >= 4 is 29.3 Å². The molecule has 0 radical (unpaired) electrons. The fraction of sp³-hybridized carbons (Fsp3) is 0.533. The predicted octanol–water partition coefficient (Wildman–Crippen LogP) is 2.69. The molecule has 1 unspecified atom stereocenters. The molecular formula is C15H23ClN2O2S. The first kappa shape index (κ1) is 18.1. The van der Waals surface area contributed by atoms with Gasteiger partial charge in [-0.2, -0.15) is 11.8 Å². The zero-order valence-corrected chi connectivity index (χ0v) is 14.0. The van der Waals surface area contributed by atoms with Crippen molar-refractivity contribution in [1.82, 2.24) is 5.32 Å². The van der Waals surface area contributed by atoms with Crippen LogP contribution in [0.15, 0.2) is 24.3 Å². The Labute approximate surface area is 135 Å². The third kappa shape index (κ3) is 6.59. The minimum atomic E-state index is -0.463. The summed E-state index contributed by atoms with van der Waals surface area (Å²) in [4.78, 5) is 11.9. The molecule has 0 aliphatic carbocycles. The van der Waals surface area contributed by atoms with E-state index in [0.29, 0.717) is 23.7 Å². The third-order valence-electron chi connectivity index (χ3n) is 3.06. The lowest BCUT2D eigenvalue weighted by molar-refractivity contribution is -0.122. The SMILES string of the molecule is CCC(CNC(=O)[C@@H](N)CCSC)Oc1ccccc1Cl. The van der Waals surface area contributed by atoms with E-state index in [0.717, 1.165) is 12.2 Å². The normalized spacial score (nSPS) is 13.5. The van der Waals surface area contributed by atoms with Crippen molar-refractivity contribution in [3.05, 3.63) is 29.3 Å². The number of benzene rings is 1. The van der Waals surface area contributed by atoms with E-state index in [2.05, 4.69) is 5.32 Å². The zero-order valence-electron chi connectivity index (χ0n) is 12.5. The molecule has 118 valence electrons. The third-order valence-corrected chi connectivity index (χ3v) is 4.02. The van der Waals surface area contributed by atoms with Gasteiger partial charge in [-0.3, -0.25) is 4.79 Å². The van der Waals surface area contributed by atoms with E-state index in [1.807, 2.05) is 31.4 Å². The average Bonchev–Trinajstić information content (AvgIpc) is 2.50. The van der Waals surface area contributed by atoms with Crippen LogP contribution in [0.25, 0.3) is 0 Å². The minimum Gasteiger partial charge on any atom is -0.487 e. The lowest BCUT2D eigenvalue weighted by Gasteiger charge is -2.20. The van der Waals surface area contributed by atoms with Gasteiger partial charge in [-0.05, 0) is 37.0 Å². The largest absolute Gasteiger partial charge is 0.487 e. The van der Waals surface area contributed by atoms with Gasteiger partial charge in [0.25, 0.3) is 0 Å². The molecule has 0 heterocycles. The van der Waals surface area contributed by atoms with E-state index >= 15 is 0 Å². The van der Waals surface area contributed by atoms with Crippen molar-refractivity contribution in [1.29, 1.82) is 0 Å². The summed E-state index contributed by atoms with van der Waals surface area (Å²) in [7, 11) is 0. The smallest absolute Gasteiger partial charge is 0.237 e. The van der Waals surface area contributed by atoms with Gasteiger partial charge in [0.05, 0.1) is 17.6 Å². The molecule has 0 aromatic heterocycles.